The first-order valence-corrected chi connectivity index (χ1v) is 6.12. The number of aromatic nitrogens is 1. The molecule has 2 aromatic heterocycles. The molecule has 0 unspecified atom stereocenters. The molecule has 0 bridgehead atoms. The van der Waals surface area contributed by atoms with Gasteiger partial charge >= 0.3 is 5.97 Å². The summed E-state index contributed by atoms with van der Waals surface area (Å²) in [7, 11) is 0. The van der Waals surface area contributed by atoms with Gasteiger partial charge in [0.15, 0.2) is 0 Å². The number of aromatic carboxylic acids is 1. The minimum absolute atomic E-state index is 0.288. The lowest BCUT2D eigenvalue weighted by atomic mass is 10.4. The Morgan fingerprint density at radius 1 is 1.47 bits per heavy atom. The lowest BCUT2D eigenvalue weighted by Gasteiger charge is -1.87. The zero-order valence-corrected chi connectivity index (χ0v) is 9.69. The van der Waals surface area contributed by atoms with Crippen molar-refractivity contribution in [2.45, 2.75) is 13.3 Å². The molecule has 2 aromatic rings. The topological polar surface area (TPSA) is 50.2 Å². The summed E-state index contributed by atoms with van der Waals surface area (Å²) in [5.41, 5.74) is 0. The Bertz CT molecular complexity index is 487. The lowest BCUT2D eigenvalue weighted by Crippen LogP contribution is -1.89. The van der Waals surface area contributed by atoms with Crippen LogP contribution in [0.3, 0.4) is 0 Å². The fourth-order valence-corrected chi connectivity index (χ4v) is 2.93. The maximum Gasteiger partial charge on any atom is 0.347 e. The molecule has 0 fully saturated rings. The monoisotopic (exact) mass is 239 g/mol. The number of carbonyl (C=O) groups is 1. The minimum Gasteiger partial charge on any atom is -0.477 e. The van der Waals surface area contributed by atoms with E-state index in [9.17, 15) is 4.79 Å². The van der Waals surface area contributed by atoms with E-state index in [1.165, 1.54) is 22.4 Å². The second-order valence-corrected chi connectivity index (χ2v) is 5.15. The van der Waals surface area contributed by atoms with Gasteiger partial charge in [-0.25, -0.2) is 9.78 Å². The summed E-state index contributed by atoms with van der Waals surface area (Å²) in [6.07, 6.45) is 2.41. The van der Waals surface area contributed by atoms with Gasteiger partial charge in [0, 0.05) is 4.88 Å². The Hall–Kier alpha value is -1.20. The van der Waals surface area contributed by atoms with Crippen molar-refractivity contribution in [2.75, 3.05) is 0 Å². The number of carboxylic acids is 1. The average molecular weight is 239 g/mol. The second kappa shape index (κ2) is 4.12. The van der Waals surface area contributed by atoms with Gasteiger partial charge in [0.25, 0.3) is 0 Å². The maximum absolute atomic E-state index is 10.7. The number of nitrogens with zero attached hydrogens (tertiary/aromatic N) is 1. The van der Waals surface area contributed by atoms with Crippen molar-refractivity contribution in [1.29, 1.82) is 0 Å². The Morgan fingerprint density at radius 3 is 2.80 bits per heavy atom. The smallest absolute Gasteiger partial charge is 0.347 e. The Balaban J connectivity index is 2.32. The van der Waals surface area contributed by atoms with E-state index in [4.69, 9.17) is 5.11 Å². The van der Waals surface area contributed by atoms with Gasteiger partial charge in [0.1, 0.15) is 9.88 Å². The fraction of sp³-hybridized carbons (Fsp3) is 0.200. The molecule has 5 heteroatoms. The van der Waals surface area contributed by atoms with E-state index in [0.29, 0.717) is 0 Å². The van der Waals surface area contributed by atoms with Crippen molar-refractivity contribution in [1.82, 2.24) is 4.98 Å². The van der Waals surface area contributed by atoms with Crippen molar-refractivity contribution < 1.29 is 9.90 Å². The van der Waals surface area contributed by atoms with Crippen LogP contribution in [0.2, 0.25) is 0 Å². The molecular formula is C10H9NO2S2. The van der Waals surface area contributed by atoms with Crippen molar-refractivity contribution in [3.05, 3.63) is 28.1 Å². The van der Waals surface area contributed by atoms with E-state index in [1.807, 2.05) is 6.07 Å². The highest BCUT2D eigenvalue weighted by molar-refractivity contribution is 7.22. The van der Waals surface area contributed by atoms with Crippen LogP contribution in [-0.2, 0) is 6.42 Å². The molecule has 0 amide bonds. The number of aryl methyl sites for hydroxylation is 1. The van der Waals surface area contributed by atoms with Crippen LogP contribution in [0.25, 0.3) is 9.88 Å². The van der Waals surface area contributed by atoms with Crippen LogP contribution in [0.4, 0.5) is 0 Å². The van der Waals surface area contributed by atoms with Gasteiger partial charge in [-0.3, -0.25) is 0 Å². The Morgan fingerprint density at radius 2 is 2.27 bits per heavy atom. The summed E-state index contributed by atoms with van der Waals surface area (Å²) >= 11 is 2.88. The molecule has 78 valence electrons. The molecule has 0 saturated carbocycles. The molecule has 2 rings (SSSR count). The molecule has 15 heavy (non-hydrogen) atoms. The zero-order chi connectivity index (χ0) is 10.8. The molecule has 1 N–H and O–H groups in total. The number of rotatable bonds is 3. The standard InChI is InChI=1S/C10H9NO2S2/c1-2-6-3-4-7(14-6)9-11-5-8(15-9)10(12)13/h3-5H,2H2,1H3,(H,12,13). The molecule has 0 radical (unpaired) electrons. The molecule has 0 aliphatic carbocycles. The molecule has 0 spiro atoms. The van der Waals surface area contributed by atoms with E-state index in [1.54, 1.807) is 11.3 Å². The summed E-state index contributed by atoms with van der Waals surface area (Å²) in [4.78, 5) is 17.4. The third-order valence-corrected chi connectivity index (χ3v) is 4.32. The highest BCUT2D eigenvalue weighted by Gasteiger charge is 2.11. The molecule has 2 heterocycles. The van der Waals surface area contributed by atoms with E-state index < -0.39 is 5.97 Å². The molecule has 3 nitrogen and oxygen atoms in total. The van der Waals surface area contributed by atoms with Crippen molar-refractivity contribution in [2.24, 2.45) is 0 Å². The quantitative estimate of drug-likeness (QED) is 0.895. The maximum atomic E-state index is 10.7. The summed E-state index contributed by atoms with van der Waals surface area (Å²) in [5, 5.41) is 9.56. The van der Waals surface area contributed by atoms with Gasteiger partial charge in [0.05, 0.1) is 11.1 Å². The molecule has 0 aromatic carbocycles. The lowest BCUT2D eigenvalue weighted by molar-refractivity contribution is 0.0702. The van der Waals surface area contributed by atoms with Crippen molar-refractivity contribution >= 4 is 28.6 Å². The average Bonchev–Trinajstić information content (AvgIpc) is 2.86. The zero-order valence-electron chi connectivity index (χ0n) is 8.06. The highest BCUT2D eigenvalue weighted by atomic mass is 32.1. The molecule has 0 atom stereocenters. The van der Waals surface area contributed by atoms with Crippen LogP contribution in [-0.4, -0.2) is 16.1 Å². The molecule has 0 aliphatic heterocycles. The highest BCUT2D eigenvalue weighted by Crippen LogP contribution is 2.31. The molecular weight excluding hydrogens is 230 g/mol. The number of hydrogen-bond acceptors (Lipinski definition) is 4. The van der Waals surface area contributed by atoms with Gasteiger partial charge in [0.2, 0.25) is 0 Å². The predicted octanol–water partition coefficient (Wildman–Crippen LogP) is 3.13. The van der Waals surface area contributed by atoms with Gasteiger partial charge in [-0.15, -0.1) is 22.7 Å². The third kappa shape index (κ3) is 2.08. The van der Waals surface area contributed by atoms with Gasteiger partial charge in [-0.2, -0.15) is 0 Å². The number of hydrogen-bond donors (Lipinski definition) is 1. The first-order valence-electron chi connectivity index (χ1n) is 4.49. The number of carboxylic acid groups (broad SMARTS) is 1. The van der Waals surface area contributed by atoms with Crippen molar-refractivity contribution in [3.8, 4) is 9.88 Å². The van der Waals surface area contributed by atoms with Gasteiger partial charge in [-0.1, -0.05) is 6.92 Å². The molecule has 0 aliphatic rings. The summed E-state index contributed by atoms with van der Waals surface area (Å²) in [6.45, 7) is 2.10. The normalized spacial score (nSPS) is 10.5. The predicted molar refractivity (Wildman–Crippen MR) is 61.8 cm³/mol. The van der Waals surface area contributed by atoms with Gasteiger partial charge < -0.3 is 5.11 Å². The van der Waals surface area contributed by atoms with E-state index >= 15 is 0 Å². The van der Waals surface area contributed by atoms with Crippen LogP contribution >= 0.6 is 22.7 Å². The van der Waals surface area contributed by atoms with E-state index in [0.717, 1.165) is 16.3 Å². The first-order chi connectivity index (χ1) is 7.20. The van der Waals surface area contributed by atoms with Crippen LogP contribution < -0.4 is 0 Å². The largest absolute Gasteiger partial charge is 0.477 e. The van der Waals surface area contributed by atoms with Crippen LogP contribution in [0.15, 0.2) is 18.3 Å². The summed E-state index contributed by atoms with van der Waals surface area (Å²) < 4.78 is 0. The van der Waals surface area contributed by atoms with E-state index in [-0.39, 0.29) is 4.88 Å². The van der Waals surface area contributed by atoms with Crippen molar-refractivity contribution in [3.63, 3.8) is 0 Å². The Labute approximate surface area is 95.0 Å². The summed E-state index contributed by atoms with van der Waals surface area (Å²) in [6, 6.07) is 4.05. The van der Waals surface area contributed by atoms with E-state index in [2.05, 4.69) is 18.0 Å². The summed E-state index contributed by atoms with van der Waals surface area (Å²) in [5.74, 6) is -0.911. The number of thiophene rings is 1. The second-order valence-electron chi connectivity index (χ2n) is 2.95. The Kier molecular flexibility index (Phi) is 2.83. The van der Waals surface area contributed by atoms with Crippen LogP contribution in [0.5, 0.6) is 0 Å². The third-order valence-electron chi connectivity index (χ3n) is 1.94. The minimum atomic E-state index is -0.911. The SMILES string of the molecule is CCc1ccc(-c2ncc(C(=O)O)s2)s1. The fourth-order valence-electron chi connectivity index (χ4n) is 1.17. The van der Waals surface area contributed by atoms with Crippen LogP contribution in [0.1, 0.15) is 21.5 Å². The number of thiazole rings is 1. The first kappa shape index (κ1) is 10.3. The van der Waals surface area contributed by atoms with Gasteiger partial charge in [-0.05, 0) is 18.6 Å². The van der Waals surface area contributed by atoms with Crippen LogP contribution in [0, 0.1) is 0 Å². The molecule has 0 saturated heterocycles.